The molecule has 4 N–H and O–H groups in total. The van der Waals surface area contributed by atoms with Crippen molar-refractivity contribution in [3.63, 3.8) is 0 Å². The van der Waals surface area contributed by atoms with Crippen LogP contribution in [0.25, 0.3) is 0 Å². The van der Waals surface area contributed by atoms with Crippen LogP contribution >= 0.6 is 0 Å². The van der Waals surface area contributed by atoms with Gasteiger partial charge in [-0.2, -0.15) is 0 Å². The van der Waals surface area contributed by atoms with Gasteiger partial charge in [-0.3, -0.25) is 0 Å². The van der Waals surface area contributed by atoms with E-state index in [4.69, 9.17) is 3.83 Å². The summed E-state index contributed by atoms with van der Waals surface area (Å²) in [5.74, 6) is 0. The summed E-state index contributed by atoms with van der Waals surface area (Å²) in [6.07, 6.45) is 0. The van der Waals surface area contributed by atoms with Crippen LogP contribution in [0.1, 0.15) is 0 Å². The van der Waals surface area contributed by atoms with Gasteiger partial charge in [0.1, 0.15) is 0 Å². The molecule has 0 aromatic heterocycles. The summed E-state index contributed by atoms with van der Waals surface area (Å²) < 4.78 is 5.75. The Morgan fingerprint density at radius 3 is 1.00 bits per heavy atom. The van der Waals surface area contributed by atoms with Crippen molar-refractivity contribution in [3.05, 3.63) is 0 Å². The summed E-state index contributed by atoms with van der Waals surface area (Å²) in [6.45, 7) is 0. The minimum atomic E-state index is 0. The van der Waals surface area contributed by atoms with Gasteiger partial charge in [-0.15, -0.1) is 0 Å². The van der Waals surface area contributed by atoms with Crippen molar-refractivity contribution < 1.29 is 31.2 Å². The van der Waals surface area contributed by atoms with Crippen LogP contribution in [0.4, 0.5) is 0 Å². The molecule has 0 radical (unpaired) electrons. The van der Waals surface area contributed by atoms with E-state index in [0.29, 0.717) is 0 Å². The molecule has 0 amide bonds. The van der Waals surface area contributed by atoms with Crippen molar-refractivity contribution in [2.45, 2.75) is 0 Å². The van der Waals surface area contributed by atoms with Crippen LogP contribution < -0.4 is 6.15 Å². The van der Waals surface area contributed by atoms with Gasteiger partial charge in [0, 0.05) is 0 Å². The third-order valence-corrected chi connectivity index (χ3v) is 0. The molecule has 0 saturated heterocycles. The Labute approximate surface area is 41.8 Å². The van der Waals surface area contributed by atoms with Crippen LogP contribution in [-0.2, 0) is 31.2 Å². The summed E-state index contributed by atoms with van der Waals surface area (Å²) in [6, 6.07) is 0. The Morgan fingerprint density at radius 1 is 1.00 bits per heavy atom. The molecule has 0 bridgehead atoms. The van der Waals surface area contributed by atoms with Gasteiger partial charge >= 0.3 is 24.1 Å². The number of hydrogen-bond acceptors (Lipinski definition) is 2. The second-order valence-corrected chi connectivity index (χ2v) is 0. The third-order valence-electron chi connectivity index (χ3n) is 0. The first-order valence-electron chi connectivity index (χ1n) is 0.250. The average molecular weight is 112 g/mol. The van der Waals surface area contributed by atoms with Crippen LogP contribution in [0.3, 0.4) is 0 Å². The molecule has 0 unspecified atom stereocenters. The molecule has 0 aromatic carbocycles. The molecule has 0 spiro atoms. The molecule has 5 heavy (non-hydrogen) atoms. The van der Waals surface area contributed by atoms with Crippen LogP contribution in [0.5, 0.6) is 0 Å². The van der Waals surface area contributed by atoms with E-state index in [0.717, 1.165) is 0 Å². The molecule has 0 atom stereocenters. The molecule has 5 heteroatoms. The van der Waals surface area contributed by atoms with Crippen LogP contribution in [0.15, 0.2) is 0 Å². The van der Waals surface area contributed by atoms with E-state index in [1.807, 2.05) is 0 Å². The van der Waals surface area contributed by atoms with Crippen LogP contribution in [0, 0.1) is 3.83 Å². The molecule has 4 nitrogen and oxygen atoms in total. The molecule has 0 aliphatic rings. The Morgan fingerprint density at radius 2 is 1.00 bits per heavy atom. The number of rotatable bonds is 0. The summed E-state index contributed by atoms with van der Waals surface area (Å²) in [5, 5.41) is 0. The van der Waals surface area contributed by atoms with Crippen LogP contribution in [-0.4, -0.2) is 0 Å². The quantitative estimate of drug-likeness (QED) is 0.428. The van der Waals surface area contributed by atoms with E-state index in [1.54, 1.807) is 0 Å². The van der Waals surface area contributed by atoms with Gasteiger partial charge in [0.2, 0.25) is 0 Å². The molecule has 0 saturated carbocycles. The molecule has 0 heterocycles. The second kappa shape index (κ2) is 326. The van der Waals surface area contributed by atoms with Crippen molar-refractivity contribution in [2.24, 2.45) is 0 Å². The maximum absolute atomic E-state index is 5.75. The Bertz CT molecular complexity index is 7.61. The molecule has 0 rings (SSSR count). The first kappa shape index (κ1) is 53.6. The van der Waals surface area contributed by atoms with E-state index in [9.17, 15) is 0 Å². The van der Waals surface area contributed by atoms with Crippen molar-refractivity contribution in [1.82, 2.24) is 6.15 Å². The normalized spacial score (nSPS) is 1.20. The Hall–Kier alpha value is 0.394. The molecule has 0 aliphatic carbocycles. The zero-order chi connectivity index (χ0) is 2.00. The van der Waals surface area contributed by atoms with Gasteiger partial charge in [-0.05, 0) is 0 Å². The van der Waals surface area contributed by atoms with Crippen molar-refractivity contribution in [1.29, 1.82) is 3.83 Å². The van der Waals surface area contributed by atoms with Crippen molar-refractivity contribution in [3.8, 4) is 0 Å². The van der Waals surface area contributed by atoms with Crippen molar-refractivity contribution >= 4 is 0 Å². The largest absolute Gasteiger partial charge is 2.00 e. The van der Waals surface area contributed by atoms with E-state index in [-0.39, 0.29) is 17.1 Å². The Kier molecular flexibility index (Phi) is 3490. The zero-order valence-corrected chi connectivity index (χ0v) is 4.09. The van der Waals surface area contributed by atoms with E-state index in [1.165, 1.54) is 20.3 Å². The third kappa shape index (κ3) is 162. The predicted molar refractivity (Wildman–Crippen MR) is 9.11 cm³/mol. The topological polar surface area (TPSA) is 116 Å². The maximum Gasteiger partial charge on any atom is -2.00 e. The first-order valence-corrected chi connectivity index (χ1v) is 1.03. The zero-order valence-electron chi connectivity index (χ0n) is 2.52. The molecular weight excluding hydrogens is 108 g/mol. The minimum absolute atomic E-state index is 0. The first-order chi connectivity index (χ1) is 1.00. The molecular formula is H4N2O2Ti. The fraction of sp³-hybridized carbons (Fsp3) is 0. The Balaban J connectivity index is -0.00000000167. The molecule has 30 valence electrons. The monoisotopic (exact) mass is 112 g/mol. The fourth-order valence-electron chi connectivity index (χ4n) is 0. The van der Waals surface area contributed by atoms with E-state index < -0.39 is 0 Å². The molecule has 0 fully saturated rings. The fourth-order valence-corrected chi connectivity index (χ4v) is 0. The maximum atomic E-state index is 5.75. The number of nitrogens with one attached hydrogen (secondary N) is 1. The smallest absolute Gasteiger partial charge is 2.00 e. The van der Waals surface area contributed by atoms with Gasteiger partial charge in [0.05, 0.1) is 0 Å². The predicted octanol–water partition coefficient (Wildman–Crippen LogP) is 0.220. The summed E-state index contributed by atoms with van der Waals surface area (Å²) in [4.78, 5) is 0. The average Bonchev–Trinajstić information content (AvgIpc) is 1.00. The van der Waals surface area contributed by atoms with Crippen molar-refractivity contribution in [2.75, 3.05) is 0 Å². The standard InChI is InChI=1S/H3N.HN.2O.Ti/h1H3;1H;;;/q;;2*-2;+4. The van der Waals surface area contributed by atoms with Gasteiger partial charge in [0.15, 0.2) is 0 Å². The number of hydrogen-bond donors (Lipinski definition) is 2. The van der Waals surface area contributed by atoms with Crippen LogP contribution in [0.2, 0.25) is 0 Å². The SMILES string of the molecule is N.[NH]=[Ti+4].[O-2].[O-2]. The van der Waals surface area contributed by atoms with Gasteiger partial charge in [-0.25, -0.2) is 0 Å². The van der Waals surface area contributed by atoms with Gasteiger partial charge < -0.3 is 17.1 Å². The van der Waals surface area contributed by atoms with Gasteiger partial charge in [0.25, 0.3) is 0 Å². The van der Waals surface area contributed by atoms with E-state index in [2.05, 4.69) is 0 Å². The van der Waals surface area contributed by atoms with Gasteiger partial charge in [-0.1, -0.05) is 0 Å². The summed E-state index contributed by atoms with van der Waals surface area (Å²) in [7, 11) is 0. The van der Waals surface area contributed by atoms with E-state index >= 15 is 0 Å². The summed E-state index contributed by atoms with van der Waals surface area (Å²) in [5.41, 5.74) is 0. The minimum Gasteiger partial charge on any atom is -2.00 e. The second-order valence-electron chi connectivity index (χ2n) is 0. The summed E-state index contributed by atoms with van der Waals surface area (Å²) >= 11 is 1.25. The molecule has 0 aromatic rings. The molecule has 0 aliphatic heterocycles.